The molecule has 25 heavy (non-hydrogen) atoms. The standard InChI is InChI=1S/C19H28N2O4/c22-19(20-9-16-2-1-5-24-16)8-15-13-25-18-12-21(11-17(15)18)10-14-3-6-23-7-4-14/h1-2,5,14-15,17-18H,3-4,6-13H2,(H,20,22)/t15-,17+,18+/m0/s1. The van der Waals surface area contributed by atoms with Gasteiger partial charge in [-0.1, -0.05) is 0 Å². The van der Waals surface area contributed by atoms with Crippen molar-refractivity contribution in [3.05, 3.63) is 24.2 Å². The Bertz CT molecular complexity index is 556. The van der Waals surface area contributed by atoms with E-state index < -0.39 is 0 Å². The summed E-state index contributed by atoms with van der Waals surface area (Å²) in [6.07, 6.45) is 4.83. The maximum Gasteiger partial charge on any atom is 0.220 e. The first-order valence-corrected chi connectivity index (χ1v) is 9.48. The molecule has 3 fully saturated rings. The number of likely N-dealkylation sites (tertiary alicyclic amines) is 1. The topological polar surface area (TPSA) is 63.9 Å². The molecule has 4 rings (SSSR count). The molecular formula is C19H28N2O4. The van der Waals surface area contributed by atoms with Crippen molar-refractivity contribution < 1.29 is 18.7 Å². The predicted molar refractivity (Wildman–Crippen MR) is 91.9 cm³/mol. The summed E-state index contributed by atoms with van der Waals surface area (Å²) in [6, 6.07) is 3.71. The highest BCUT2D eigenvalue weighted by Crippen LogP contribution is 2.36. The van der Waals surface area contributed by atoms with Crippen LogP contribution in [0.4, 0.5) is 0 Å². The summed E-state index contributed by atoms with van der Waals surface area (Å²) in [7, 11) is 0. The van der Waals surface area contributed by atoms with E-state index in [4.69, 9.17) is 13.9 Å². The van der Waals surface area contributed by atoms with Gasteiger partial charge in [0.15, 0.2) is 0 Å². The van der Waals surface area contributed by atoms with Crippen molar-refractivity contribution >= 4 is 5.91 Å². The number of hydrogen-bond acceptors (Lipinski definition) is 5. The van der Waals surface area contributed by atoms with Crippen LogP contribution >= 0.6 is 0 Å². The molecule has 3 aliphatic rings. The van der Waals surface area contributed by atoms with Crippen LogP contribution in [0.25, 0.3) is 0 Å². The van der Waals surface area contributed by atoms with Gasteiger partial charge in [0.1, 0.15) is 5.76 Å². The number of fused-ring (bicyclic) bond motifs is 1. The SMILES string of the molecule is O=C(C[C@H]1CO[C@@H]2CN(CC3CCOCC3)C[C@H]12)NCc1ccco1. The second-order valence-electron chi connectivity index (χ2n) is 7.63. The van der Waals surface area contributed by atoms with E-state index in [9.17, 15) is 4.79 Å². The number of carbonyl (C=O) groups excluding carboxylic acids is 1. The number of furan rings is 1. The van der Waals surface area contributed by atoms with Crippen LogP contribution in [0.3, 0.4) is 0 Å². The van der Waals surface area contributed by atoms with Gasteiger partial charge in [-0.15, -0.1) is 0 Å². The van der Waals surface area contributed by atoms with Crippen molar-refractivity contribution in [1.29, 1.82) is 0 Å². The van der Waals surface area contributed by atoms with Crippen LogP contribution in [0.2, 0.25) is 0 Å². The Morgan fingerprint density at radius 3 is 2.96 bits per heavy atom. The van der Waals surface area contributed by atoms with Crippen LogP contribution in [0.5, 0.6) is 0 Å². The zero-order chi connectivity index (χ0) is 17.1. The van der Waals surface area contributed by atoms with Crippen LogP contribution < -0.4 is 5.32 Å². The molecule has 4 heterocycles. The highest BCUT2D eigenvalue weighted by atomic mass is 16.5. The average Bonchev–Trinajstić information content (AvgIpc) is 3.33. The molecule has 0 unspecified atom stereocenters. The summed E-state index contributed by atoms with van der Waals surface area (Å²) < 4.78 is 16.7. The molecule has 1 aromatic rings. The van der Waals surface area contributed by atoms with Gasteiger partial charge in [0.25, 0.3) is 0 Å². The van der Waals surface area contributed by atoms with Crippen LogP contribution in [-0.4, -0.2) is 56.4 Å². The van der Waals surface area contributed by atoms with Gasteiger partial charge in [-0.05, 0) is 36.8 Å². The summed E-state index contributed by atoms with van der Waals surface area (Å²) in [6.45, 7) is 6.22. The zero-order valence-corrected chi connectivity index (χ0v) is 14.7. The Morgan fingerprint density at radius 2 is 2.16 bits per heavy atom. The summed E-state index contributed by atoms with van der Waals surface area (Å²) in [5.74, 6) is 2.46. The van der Waals surface area contributed by atoms with E-state index in [0.717, 1.165) is 44.5 Å². The maximum atomic E-state index is 12.2. The van der Waals surface area contributed by atoms with Crippen molar-refractivity contribution in [2.45, 2.75) is 31.9 Å². The van der Waals surface area contributed by atoms with E-state index in [1.807, 2.05) is 12.1 Å². The predicted octanol–water partition coefficient (Wildman–Crippen LogP) is 1.66. The molecule has 1 N–H and O–H groups in total. The number of carbonyl (C=O) groups is 1. The minimum atomic E-state index is 0.0912. The second kappa shape index (κ2) is 7.89. The van der Waals surface area contributed by atoms with E-state index in [1.165, 1.54) is 12.8 Å². The van der Waals surface area contributed by atoms with Gasteiger partial charge in [0.2, 0.25) is 5.91 Å². The lowest BCUT2D eigenvalue weighted by Gasteiger charge is -2.27. The third-order valence-electron chi connectivity index (χ3n) is 5.86. The highest BCUT2D eigenvalue weighted by molar-refractivity contribution is 5.76. The molecule has 3 atom stereocenters. The van der Waals surface area contributed by atoms with Gasteiger partial charge in [-0.25, -0.2) is 0 Å². The first-order valence-electron chi connectivity index (χ1n) is 9.48. The first kappa shape index (κ1) is 17.1. The summed E-state index contributed by atoms with van der Waals surface area (Å²) >= 11 is 0. The summed E-state index contributed by atoms with van der Waals surface area (Å²) in [4.78, 5) is 14.8. The molecule has 1 aromatic heterocycles. The lowest BCUT2D eigenvalue weighted by Crippen LogP contribution is -2.33. The Balaban J connectivity index is 1.23. The number of nitrogens with one attached hydrogen (secondary N) is 1. The molecule has 3 saturated heterocycles. The molecule has 0 saturated carbocycles. The summed E-state index contributed by atoms with van der Waals surface area (Å²) in [5, 5.41) is 2.95. The minimum Gasteiger partial charge on any atom is -0.467 e. The zero-order valence-electron chi connectivity index (χ0n) is 14.7. The maximum absolute atomic E-state index is 12.2. The summed E-state index contributed by atoms with van der Waals surface area (Å²) in [5.41, 5.74) is 0. The van der Waals surface area contributed by atoms with Crippen molar-refractivity contribution in [2.75, 3.05) is 39.5 Å². The van der Waals surface area contributed by atoms with E-state index in [0.29, 0.717) is 37.5 Å². The lowest BCUT2D eigenvalue weighted by molar-refractivity contribution is -0.122. The number of hydrogen-bond donors (Lipinski definition) is 1. The van der Waals surface area contributed by atoms with Crippen LogP contribution in [0.1, 0.15) is 25.0 Å². The first-order chi connectivity index (χ1) is 12.3. The molecule has 3 aliphatic heterocycles. The van der Waals surface area contributed by atoms with Gasteiger partial charge in [0.05, 0.1) is 25.5 Å². The van der Waals surface area contributed by atoms with E-state index in [2.05, 4.69) is 10.2 Å². The van der Waals surface area contributed by atoms with Gasteiger partial charge in [-0.3, -0.25) is 4.79 Å². The molecule has 6 nitrogen and oxygen atoms in total. The van der Waals surface area contributed by atoms with Gasteiger partial charge >= 0.3 is 0 Å². The minimum absolute atomic E-state index is 0.0912. The molecule has 0 aromatic carbocycles. The van der Waals surface area contributed by atoms with Crippen LogP contribution in [-0.2, 0) is 20.8 Å². The smallest absolute Gasteiger partial charge is 0.220 e. The van der Waals surface area contributed by atoms with Crippen molar-refractivity contribution in [3.8, 4) is 0 Å². The molecule has 0 spiro atoms. The van der Waals surface area contributed by atoms with E-state index in [1.54, 1.807) is 6.26 Å². The van der Waals surface area contributed by atoms with E-state index >= 15 is 0 Å². The monoisotopic (exact) mass is 348 g/mol. The molecule has 138 valence electrons. The largest absolute Gasteiger partial charge is 0.467 e. The molecule has 1 amide bonds. The number of nitrogens with zero attached hydrogens (tertiary/aromatic N) is 1. The Morgan fingerprint density at radius 1 is 1.28 bits per heavy atom. The Labute approximate surface area is 148 Å². The fourth-order valence-electron chi connectivity index (χ4n) is 4.44. The third-order valence-corrected chi connectivity index (χ3v) is 5.86. The molecule has 0 bridgehead atoms. The number of amides is 1. The molecule has 0 aliphatic carbocycles. The van der Waals surface area contributed by atoms with Crippen molar-refractivity contribution in [1.82, 2.24) is 10.2 Å². The van der Waals surface area contributed by atoms with Crippen LogP contribution in [0.15, 0.2) is 22.8 Å². The van der Waals surface area contributed by atoms with E-state index in [-0.39, 0.29) is 5.91 Å². The molecule has 6 heteroatoms. The van der Waals surface area contributed by atoms with Crippen molar-refractivity contribution in [2.24, 2.45) is 17.8 Å². The quantitative estimate of drug-likeness (QED) is 0.847. The highest BCUT2D eigenvalue weighted by Gasteiger charge is 2.44. The Kier molecular flexibility index (Phi) is 5.39. The normalized spacial score (nSPS) is 30.5. The Hall–Kier alpha value is -1.37. The fraction of sp³-hybridized carbons (Fsp3) is 0.737. The molecule has 0 radical (unpaired) electrons. The third kappa shape index (κ3) is 4.25. The second-order valence-corrected chi connectivity index (χ2v) is 7.63. The van der Waals surface area contributed by atoms with Gasteiger partial charge in [-0.2, -0.15) is 0 Å². The van der Waals surface area contributed by atoms with Gasteiger partial charge in [0, 0.05) is 45.2 Å². The average molecular weight is 348 g/mol. The lowest BCUT2D eigenvalue weighted by atomic mass is 9.90. The fourth-order valence-corrected chi connectivity index (χ4v) is 4.44. The number of ether oxygens (including phenoxy) is 2. The molecular weight excluding hydrogens is 320 g/mol. The van der Waals surface area contributed by atoms with Gasteiger partial charge < -0.3 is 24.1 Å². The number of rotatable bonds is 6. The van der Waals surface area contributed by atoms with Crippen LogP contribution in [0, 0.1) is 17.8 Å². The van der Waals surface area contributed by atoms with Crippen molar-refractivity contribution in [3.63, 3.8) is 0 Å².